The maximum atomic E-state index is 11.6. The van der Waals surface area contributed by atoms with Crippen LogP contribution >= 0.6 is 11.3 Å². The molecule has 0 saturated heterocycles. The van der Waals surface area contributed by atoms with Crippen LogP contribution in [0.25, 0.3) is 0 Å². The summed E-state index contributed by atoms with van der Waals surface area (Å²) in [6, 6.07) is 11.4. The van der Waals surface area contributed by atoms with E-state index in [1.165, 1.54) is 16.9 Å². The minimum atomic E-state index is -0.318. The molecule has 110 valence electrons. The van der Waals surface area contributed by atoms with Gasteiger partial charge in [-0.15, -0.1) is 11.3 Å². The zero-order valence-corrected chi connectivity index (χ0v) is 12.6. The third kappa shape index (κ3) is 5.04. The molecule has 5 heteroatoms. The van der Waals surface area contributed by atoms with Crippen LogP contribution in [0.15, 0.2) is 41.8 Å². The predicted molar refractivity (Wildman–Crippen MR) is 82.2 cm³/mol. The Kier molecular flexibility index (Phi) is 5.51. The molecular formula is C16H17NO3S. The number of thiophene rings is 1. The fourth-order valence-corrected chi connectivity index (χ4v) is 2.33. The van der Waals surface area contributed by atoms with Crippen LogP contribution in [0.5, 0.6) is 0 Å². The molecule has 1 aromatic heterocycles. The summed E-state index contributed by atoms with van der Waals surface area (Å²) >= 11 is 1.37. The van der Waals surface area contributed by atoms with Crippen LogP contribution in [0.2, 0.25) is 0 Å². The summed E-state index contributed by atoms with van der Waals surface area (Å²) in [6.45, 7) is 2.55. The van der Waals surface area contributed by atoms with E-state index in [1.807, 2.05) is 42.6 Å². The van der Waals surface area contributed by atoms with Crippen molar-refractivity contribution in [2.75, 3.05) is 6.54 Å². The Morgan fingerprint density at radius 1 is 1.19 bits per heavy atom. The second kappa shape index (κ2) is 7.59. The normalized spacial score (nSPS) is 10.1. The monoisotopic (exact) mass is 303 g/mol. The van der Waals surface area contributed by atoms with Gasteiger partial charge in [0, 0.05) is 6.54 Å². The molecule has 0 aliphatic carbocycles. The average Bonchev–Trinajstić information content (AvgIpc) is 3.01. The molecular weight excluding hydrogens is 286 g/mol. The Morgan fingerprint density at radius 3 is 2.62 bits per heavy atom. The van der Waals surface area contributed by atoms with Gasteiger partial charge in [0.15, 0.2) is 0 Å². The van der Waals surface area contributed by atoms with Crippen molar-refractivity contribution in [3.63, 3.8) is 0 Å². The highest BCUT2D eigenvalue weighted by atomic mass is 32.1. The fourth-order valence-electron chi connectivity index (χ4n) is 1.69. The number of amides is 1. The van der Waals surface area contributed by atoms with Gasteiger partial charge < -0.3 is 10.1 Å². The van der Waals surface area contributed by atoms with E-state index in [0.29, 0.717) is 4.88 Å². The number of benzene rings is 1. The summed E-state index contributed by atoms with van der Waals surface area (Å²) < 4.78 is 5.15. The third-order valence-corrected chi connectivity index (χ3v) is 3.75. The highest BCUT2D eigenvalue weighted by Gasteiger charge is 2.08. The van der Waals surface area contributed by atoms with E-state index in [0.717, 1.165) is 5.56 Å². The van der Waals surface area contributed by atoms with Gasteiger partial charge in [-0.2, -0.15) is 0 Å². The molecule has 0 aliphatic heterocycles. The van der Waals surface area contributed by atoms with E-state index in [9.17, 15) is 9.59 Å². The summed E-state index contributed by atoms with van der Waals surface area (Å²) in [5, 5.41) is 4.53. The molecule has 4 nitrogen and oxygen atoms in total. The molecule has 0 saturated carbocycles. The van der Waals surface area contributed by atoms with Crippen molar-refractivity contribution in [3.8, 4) is 0 Å². The minimum absolute atomic E-state index is 0.156. The van der Waals surface area contributed by atoms with Crippen molar-refractivity contribution >= 4 is 23.2 Å². The molecule has 0 unspecified atom stereocenters. The molecule has 0 spiro atoms. The Bertz CT molecular complexity index is 590. The van der Waals surface area contributed by atoms with Gasteiger partial charge in [0.2, 0.25) is 0 Å². The van der Waals surface area contributed by atoms with Gasteiger partial charge >= 0.3 is 5.97 Å². The smallest absolute Gasteiger partial charge is 0.307 e. The lowest BCUT2D eigenvalue weighted by Crippen LogP contribution is -2.25. The van der Waals surface area contributed by atoms with Gasteiger partial charge in [-0.05, 0) is 23.9 Å². The number of carbonyl (C=O) groups excluding carboxylic acids is 2. The number of carbonyl (C=O) groups is 2. The predicted octanol–water partition coefficient (Wildman–Crippen LogP) is 2.92. The number of rotatable bonds is 6. The van der Waals surface area contributed by atoms with Crippen LogP contribution in [0.3, 0.4) is 0 Å². The first-order valence-electron chi connectivity index (χ1n) is 6.68. The number of ether oxygens (including phenoxy) is 1. The molecule has 0 radical (unpaired) electrons. The average molecular weight is 303 g/mol. The minimum Gasteiger partial charge on any atom is -0.461 e. The molecule has 1 N–H and O–H groups in total. The molecule has 21 heavy (non-hydrogen) atoms. The molecule has 1 aromatic carbocycles. The van der Waals surface area contributed by atoms with E-state index in [1.54, 1.807) is 6.07 Å². The standard InChI is InChI=1S/C16H17NO3S/c1-12-4-6-13(7-5-12)11-20-15(18)8-9-17-16(19)14-3-2-10-21-14/h2-7,10H,8-9,11H2,1H3,(H,17,19). The first-order valence-corrected chi connectivity index (χ1v) is 7.56. The van der Waals surface area contributed by atoms with Crippen LogP contribution in [0.1, 0.15) is 27.2 Å². The van der Waals surface area contributed by atoms with Gasteiger partial charge in [0.05, 0.1) is 11.3 Å². The van der Waals surface area contributed by atoms with E-state index in [2.05, 4.69) is 5.32 Å². The van der Waals surface area contributed by atoms with E-state index in [-0.39, 0.29) is 31.4 Å². The van der Waals surface area contributed by atoms with Crippen molar-refractivity contribution in [2.24, 2.45) is 0 Å². The molecule has 2 rings (SSSR count). The van der Waals surface area contributed by atoms with Crippen LogP contribution < -0.4 is 5.32 Å². The second-order valence-corrected chi connectivity index (χ2v) is 5.58. The van der Waals surface area contributed by atoms with Crippen molar-refractivity contribution in [3.05, 3.63) is 57.8 Å². The summed E-state index contributed by atoms with van der Waals surface area (Å²) in [5.74, 6) is -0.474. The maximum absolute atomic E-state index is 11.6. The summed E-state index contributed by atoms with van der Waals surface area (Å²) in [5.41, 5.74) is 2.12. The number of hydrogen-bond acceptors (Lipinski definition) is 4. The topological polar surface area (TPSA) is 55.4 Å². The zero-order valence-electron chi connectivity index (χ0n) is 11.8. The molecule has 0 atom stereocenters. The van der Waals surface area contributed by atoms with Gasteiger partial charge in [0.1, 0.15) is 6.61 Å². The fraction of sp³-hybridized carbons (Fsp3) is 0.250. The van der Waals surface area contributed by atoms with Crippen LogP contribution in [0, 0.1) is 6.92 Å². The molecule has 0 bridgehead atoms. The molecule has 1 amide bonds. The van der Waals surface area contributed by atoms with Crippen LogP contribution in [-0.2, 0) is 16.1 Å². The quantitative estimate of drug-likeness (QED) is 0.835. The van der Waals surface area contributed by atoms with Crippen LogP contribution in [0.4, 0.5) is 0 Å². The van der Waals surface area contributed by atoms with Crippen molar-refractivity contribution in [1.29, 1.82) is 0 Å². The zero-order chi connectivity index (χ0) is 15.1. The lowest BCUT2D eigenvalue weighted by atomic mass is 10.2. The first-order chi connectivity index (χ1) is 10.1. The van der Waals surface area contributed by atoms with Gasteiger partial charge in [-0.25, -0.2) is 0 Å². The molecule has 0 fully saturated rings. The van der Waals surface area contributed by atoms with E-state index >= 15 is 0 Å². The number of esters is 1. The number of nitrogens with one attached hydrogen (secondary N) is 1. The Balaban J connectivity index is 1.66. The molecule has 0 aliphatic rings. The largest absolute Gasteiger partial charge is 0.461 e. The Labute approximate surface area is 127 Å². The van der Waals surface area contributed by atoms with Gasteiger partial charge in [0.25, 0.3) is 5.91 Å². The summed E-state index contributed by atoms with van der Waals surface area (Å²) in [6.07, 6.45) is 0.170. The van der Waals surface area contributed by atoms with Gasteiger partial charge in [-0.3, -0.25) is 9.59 Å². The first kappa shape index (κ1) is 15.3. The lowest BCUT2D eigenvalue weighted by molar-refractivity contribution is -0.144. The molecule has 1 heterocycles. The Hall–Kier alpha value is -2.14. The number of aryl methyl sites for hydroxylation is 1. The lowest BCUT2D eigenvalue weighted by Gasteiger charge is -2.06. The second-order valence-electron chi connectivity index (χ2n) is 4.63. The van der Waals surface area contributed by atoms with Gasteiger partial charge in [-0.1, -0.05) is 35.9 Å². The SMILES string of the molecule is Cc1ccc(COC(=O)CCNC(=O)c2cccs2)cc1. The maximum Gasteiger partial charge on any atom is 0.307 e. The van der Waals surface area contributed by atoms with Crippen molar-refractivity contribution < 1.29 is 14.3 Å². The summed E-state index contributed by atoms with van der Waals surface area (Å²) in [7, 11) is 0. The molecule has 2 aromatic rings. The summed E-state index contributed by atoms with van der Waals surface area (Å²) in [4.78, 5) is 23.9. The third-order valence-electron chi connectivity index (χ3n) is 2.88. The Morgan fingerprint density at radius 2 is 1.95 bits per heavy atom. The number of hydrogen-bond donors (Lipinski definition) is 1. The van der Waals surface area contributed by atoms with E-state index in [4.69, 9.17) is 4.74 Å². The highest BCUT2D eigenvalue weighted by molar-refractivity contribution is 7.12. The van der Waals surface area contributed by atoms with E-state index < -0.39 is 0 Å². The van der Waals surface area contributed by atoms with Crippen molar-refractivity contribution in [1.82, 2.24) is 5.32 Å². The van der Waals surface area contributed by atoms with Crippen molar-refractivity contribution in [2.45, 2.75) is 20.0 Å². The highest BCUT2D eigenvalue weighted by Crippen LogP contribution is 2.08. The van der Waals surface area contributed by atoms with Crippen LogP contribution in [-0.4, -0.2) is 18.4 Å².